The van der Waals surface area contributed by atoms with Crippen molar-refractivity contribution in [2.45, 2.75) is 37.6 Å². The molecule has 0 saturated carbocycles. The Morgan fingerprint density at radius 1 is 1.43 bits per heavy atom. The first-order chi connectivity index (χ1) is 9.41. The number of halogens is 2. The Kier molecular flexibility index (Phi) is 5.18. The zero-order valence-corrected chi connectivity index (χ0v) is 14.7. The van der Waals surface area contributed by atoms with E-state index in [0.29, 0.717) is 6.42 Å². The molecule has 1 aromatic rings. The number of nitrogens with zero attached hydrogens (tertiary/aromatic N) is 1. The zero-order chi connectivity index (χ0) is 16.6. The van der Waals surface area contributed by atoms with E-state index in [1.165, 1.54) is 4.90 Å². The van der Waals surface area contributed by atoms with Crippen LogP contribution in [0.3, 0.4) is 0 Å². The van der Waals surface area contributed by atoms with E-state index in [1.54, 1.807) is 7.05 Å². The summed E-state index contributed by atoms with van der Waals surface area (Å²) in [5.74, 6) is -1.42. The lowest BCUT2D eigenvalue weighted by Gasteiger charge is -2.35. The van der Waals surface area contributed by atoms with Crippen LogP contribution in [0.4, 0.5) is 4.39 Å². The zero-order valence-electron chi connectivity index (χ0n) is 12.3. The second kappa shape index (κ2) is 6.02. The highest BCUT2D eigenvalue weighted by Crippen LogP contribution is 2.27. The van der Waals surface area contributed by atoms with Crippen molar-refractivity contribution in [2.24, 2.45) is 5.14 Å². The maximum Gasteiger partial charge on any atom is 0.255 e. The van der Waals surface area contributed by atoms with E-state index in [9.17, 15) is 17.6 Å². The molecule has 1 aromatic carbocycles. The predicted molar refractivity (Wildman–Crippen MR) is 81.9 cm³/mol. The van der Waals surface area contributed by atoms with E-state index in [0.717, 1.165) is 12.1 Å². The molecule has 0 saturated heterocycles. The molecule has 1 amide bonds. The van der Waals surface area contributed by atoms with Gasteiger partial charge in [0.25, 0.3) is 5.91 Å². The van der Waals surface area contributed by atoms with E-state index >= 15 is 0 Å². The average molecular weight is 381 g/mol. The van der Waals surface area contributed by atoms with Gasteiger partial charge in [-0.05, 0) is 48.3 Å². The molecular weight excluding hydrogens is 363 g/mol. The topological polar surface area (TPSA) is 80.5 Å². The van der Waals surface area contributed by atoms with Crippen LogP contribution < -0.4 is 5.14 Å². The van der Waals surface area contributed by atoms with Gasteiger partial charge in [-0.3, -0.25) is 4.79 Å². The minimum absolute atomic E-state index is 0.0458. The van der Waals surface area contributed by atoms with Crippen molar-refractivity contribution in [1.29, 1.82) is 0 Å². The summed E-state index contributed by atoms with van der Waals surface area (Å²) in [7, 11) is -2.63. The molecule has 0 aliphatic heterocycles. The second-order valence-corrected chi connectivity index (χ2v) is 7.72. The highest BCUT2D eigenvalue weighted by atomic mass is 79.9. The maximum atomic E-state index is 13.7. The molecule has 0 spiro atoms. The lowest BCUT2D eigenvalue weighted by atomic mass is 9.99. The summed E-state index contributed by atoms with van der Waals surface area (Å²) in [6, 6.07) is 1.89. The van der Waals surface area contributed by atoms with Crippen LogP contribution in [0.25, 0.3) is 0 Å². The first kappa shape index (κ1) is 18.1. The van der Waals surface area contributed by atoms with Crippen LogP contribution in [0.5, 0.6) is 0 Å². The number of rotatable bonds is 4. The summed E-state index contributed by atoms with van der Waals surface area (Å²) in [6.45, 7) is 5.69. The maximum absolute atomic E-state index is 13.7. The molecule has 0 heterocycles. The van der Waals surface area contributed by atoms with Crippen LogP contribution in [-0.4, -0.2) is 31.8 Å². The van der Waals surface area contributed by atoms with Crippen LogP contribution in [0.2, 0.25) is 0 Å². The van der Waals surface area contributed by atoms with Crippen molar-refractivity contribution < 1.29 is 17.6 Å². The highest BCUT2D eigenvalue weighted by Gasteiger charge is 2.29. The lowest BCUT2D eigenvalue weighted by molar-refractivity contribution is 0.0619. The lowest BCUT2D eigenvalue weighted by Crippen LogP contribution is -2.44. The summed E-state index contributed by atoms with van der Waals surface area (Å²) in [6.07, 6.45) is 0.704. The summed E-state index contributed by atoms with van der Waals surface area (Å²) < 4.78 is 36.6. The first-order valence-corrected chi connectivity index (χ1v) is 8.55. The number of hydrogen-bond donors (Lipinski definition) is 1. The quantitative estimate of drug-likeness (QED) is 0.870. The molecule has 0 fully saturated rings. The Morgan fingerprint density at radius 2 is 1.95 bits per heavy atom. The third kappa shape index (κ3) is 3.81. The Bertz CT molecular complexity index is 674. The van der Waals surface area contributed by atoms with Crippen LogP contribution in [0, 0.1) is 5.82 Å². The van der Waals surface area contributed by atoms with E-state index < -0.39 is 32.2 Å². The smallest absolute Gasteiger partial charge is 0.255 e. The Morgan fingerprint density at radius 3 is 2.38 bits per heavy atom. The van der Waals surface area contributed by atoms with Crippen molar-refractivity contribution in [3.8, 4) is 0 Å². The van der Waals surface area contributed by atoms with Crippen LogP contribution in [-0.2, 0) is 10.0 Å². The fraction of sp³-hybridized carbons (Fsp3) is 0.462. The van der Waals surface area contributed by atoms with Gasteiger partial charge in [0.05, 0.1) is 5.56 Å². The van der Waals surface area contributed by atoms with E-state index in [1.807, 2.05) is 20.8 Å². The van der Waals surface area contributed by atoms with E-state index in [4.69, 9.17) is 5.14 Å². The first-order valence-electron chi connectivity index (χ1n) is 6.22. The van der Waals surface area contributed by atoms with Gasteiger partial charge >= 0.3 is 0 Å². The molecule has 0 radical (unpaired) electrons. The van der Waals surface area contributed by atoms with Gasteiger partial charge < -0.3 is 4.90 Å². The second-order valence-electron chi connectivity index (χ2n) is 5.34. The highest BCUT2D eigenvalue weighted by molar-refractivity contribution is 9.10. The number of primary sulfonamides is 1. The van der Waals surface area contributed by atoms with Crippen molar-refractivity contribution in [3.05, 3.63) is 28.0 Å². The van der Waals surface area contributed by atoms with Gasteiger partial charge in [-0.25, -0.2) is 17.9 Å². The van der Waals surface area contributed by atoms with E-state index in [-0.39, 0.29) is 10.0 Å². The monoisotopic (exact) mass is 380 g/mol. The Balaban J connectivity index is 3.41. The minimum Gasteiger partial charge on any atom is -0.337 e. The van der Waals surface area contributed by atoms with Gasteiger partial charge in [-0.2, -0.15) is 0 Å². The molecule has 0 aliphatic rings. The number of carbonyl (C=O) groups is 1. The number of carbonyl (C=O) groups excluding carboxylic acids is 1. The number of sulfonamides is 1. The van der Waals surface area contributed by atoms with Crippen molar-refractivity contribution >= 4 is 31.9 Å². The van der Waals surface area contributed by atoms with Crippen LogP contribution in [0.1, 0.15) is 37.6 Å². The molecule has 8 heteroatoms. The van der Waals surface area contributed by atoms with Gasteiger partial charge in [0.2, 0.25) is 10.0 Å². The number of benzene rings is 1. The average Bonchev–Trinajstić information content (AvgIpc) is 2.35. The largest absolute Gasteiger partial charge is 0.337 e. The van der Waals surface area contributed by atoms with Crippen molar-refractivity contribution in [1.82, 2.24) is 4.90 Å². The van der Waals surface area contributed by atoms with Crippen molar-refractivity contribution in [2.75, 3.05) is 7.05 Å². The SMILES string of the molecule is CCC(C)(C)N(C)C(=O)c1cc(S(N)(=O)=O)c(F)cc1Br. The fourth-order valence-electron chi connectivity index (χ4n) is 1.60. The van der Waals surface area contributed by atoms with Gasteiger partial charge in [-0.1, -0.05) is 6.92 Å². The number of nitrogens with two attached hydrogens (primary N) is 1. The summed E-state index contributed by atoms with van der Waals surface area (Å²) in [4.78, 5) is 13.3. The Hall–Kier alpha value is -0.990. The minimum atomic E-state index is -4.24. The molecule has 5 nitrogen and oxygen atoms in total. The predicted octanol–water partition coefficient (Wildman–Crippen LogP) is 2.50. The van der Waals surface area contributed by atoms with Gasteiger partial charge in [0.1, 0.15) is 10.7 Å². The molecular formula is C13H18BrFN2O3S. The van der Waals surface area contributed by atoms with Crippen LogP contribution in [0.15, 0.2) is 21.5 Å². The third-order valence-electron chi connectivity index (χ3n) is 3.64. The molecule has 1 rings (SSSR count). The van der Waals surface area contributed by atoms with Gasteiger partial charge in [-0.15, -0.1) is 0 Å². The molecule has 0 bridgehead atoms. The Labute approximate surface area is 132 Å². The third-order valence-corrected chi connectivity index (χ3v) is 5.22. The molecule has 0 aliphatic carbocycles. The summed E-state index contributed by atoms with van der Waals surface area (Å²) in [5, 5.41) is 4.96. The number of amides is 1. The standard InChI is InChI=1S/C13H18BrFN2O3S/c1-5-13(2,3)17(4)12(18)8-6-11(21(16,19)20)10(15)7-9(8)14/h6-7H,5H2,1-4H3,(H2,16,19,20). The molecule has 0 unspecified atom stereocenters. The molecule has 0 aromatic heterocycles. The molecule has 2 N–H and O–H groups in total. The summed E-state index contributed by atoms with van der Waals surface area (Å²) >= 11 is 3.08. The molecule has 118 valence electrons. The summed E-state index contributed by atoms with van der Waals surface area (Å²) in [5.41, 5.74) is -0.378. The fourth-order valence-corrected chi connectivity index (χ4v) is 2.70. The van der Waals surface area contributed by atoms with Gasteiger partial charge in [0.15, 0.2) is 0 Å². The van der Waals surface area contributed by atoms with E-state index in [2.05, 4.69) is 15.9 Å². The van der Waals surface area contributed by atoms with Crippen molar-refractivity contribution in [3.63, 3.8) is 0 Å². The van der Waals surface area contributed by atoms with Gasteiger partial charge in [0, 0.05) is 17.1 Å². The number of hydrogen-bond acceptors (Lipinski definition) is 3. The molecule has 0 atom stereocenters. The van der Waals surface area contributed by atoms with Crippen LogP contribution >= 0.6 is 15.9 Å². The molecule has 21 heavy (non-hydrogen) atoms. The normalized spacial score (nSPS) is 12.3.